The number of esters is 2. The van der Waals surface area contributed by atoms with Crippen molar-refractivity contribution in [3.63, 3.8) is 0 Å². The molecule has 11 heteroatoms. The Bertz CT molecular complexity index is 1090. The summed E-state index contributed by atoms with van der Waals surface area (Å²) in [6.07, 6.45) is 40.4. The number of allylic oxidation sites excluding steroid dienone is 5. The maximum absolute atomic E-state index is 12.5. The van der Waals surface area contributed by atoms with E-state index >= 15 is 0 Å². The molecular formula is C47H87O10P. The van der Waals surface area contributed by atoms with Gasteiger partial charge in [0.1, 0.15) is 6.61 Å². The molecule has 0 aliphatic rings. The van der Waals surface area contributed by atoms with Gasteiger partial charge in [-0.05, 0) is 57.3 Å². The van der Waals surface area contributed by atoms with E-state index in [1.165, 1.54) is 116 Å². The van der Waals surface area contributed by atoms with Crippen molar-refractivity contribution in [2.75, 3.05) is 13.2 Å². The Hall–Kier alpha value is -1.81. The molecule has 0 fully saturated rings. The molecule has 0 saturated heterocycles. The quantitative estimate of drug-likeness (QED) is 0.0202. The Morgan fingerprint density at radius 3 is 1.55 bits per heavy atom. The molecule has 0 aromatic carbocycles. The molecule has 0 aliphatic heterocycles. The van der Waals surface area contributed by atoms with Crippen LogP contribution in [0.25, 0.3) is 0 Å². The van der Waals surface area contributed by atoms with E-state index in [1.807, 2.05) is 12.2 Å². The minimum atomic E-state index is -4.83. The number of hydrogen-bond donors (Lipinski definition) is 4. The molecule has 58 heavy (non-hydrogen) atoms. The lowest BCUT2D eigenvalue weighted by atomic mass is 10.0. The lowest BCUT2D eigenvalue weighted by Gasteiger charge is -2.19. The van der Waals surface area contributed by atoms with Gasteiger partial charge in [0.05, 0.1) is 18.8 Å². The maximum atomic E-state index is 12.5. The molecule has 0 rings (SSSR count). The number of hydrogen-bond acceptors (Lipinski definition) is 8. The number of aliphatic hydroxyl groups is 2. The van der Waals surface area contributed by atoms with Gasteiger partial charge in [0, 0.05) is 12.8 Å². The fraction of sp³-hybridized carbons (Fsp3) is 0.830. The van der Waals surface area contributed by atoms with Crippen molar-refractivity contribution in [1.29, 1.82) is 0 Å². The first-order chi connectivity index (χ1) is 27.9. The number of phosphoric ester groups is 1. The number of rotatable bonds is 42. The highest BCUT2D eigenvalue weighted by atomic mass is 31.2. The zero-order chi connectivity index (χ0) is 43.0. The van der Waals surface area contributed by atoms with E-state index in [1.54, 1.807) is 0 Å². The highest BCUT2D eigenvalue weighted by Crippen LogP contribution is 2.36. The molecule has 0 heterocycles. The van der Waals surface area contributed by atoms with E-state index in [9.17, 15) is 24.4 Å². The second-order valence-corrected chi connectivity index (χ2v) is 17.8. The number of carbonyl (C=O) groups is 2. The van der Waals surface area contributed by atoms with Crippen LogP contribution in [0.15, 0.2) is 36.5 Å². The summed E-state index contributed by atoms with van der Waals surface area (Å²) in [5.41, 5.74) is 0. The fourth-order valence-corrected chi connectivity index (χ4v) is 7.02. The zero-order valence-corrected chi connectivity index (χ0v) is 38.0. The summed E-state index contributed by atoms with van der Waals surface area (Å²) in [4.78, 5) is 43.0. The summed E-state index contributed by atoms with van der Waals surface area (Å²) in [7, 11) is -4.83. The van der Waals surface area contributed by atoms with Gasteiger partial charge >= 0.3 is 19.8 Å². The first-order valence-electron chi connectivity index (χ1n) is 23.3. The maximum Gasteiger partial charge on any atom is 0.469 e. The second-order valence-electron chi connectivity index (χ2n) is 16.5. The Morgan fingerprint density at radius 2 is 1.03 bits per heavy atom. The number of carbonyl (C=O) groups excluding carboxylic acids is 2. The minimum Gasteiger partial charge on any atom is -0.462 e. The van der Waals surface area contributed by atoms with Gasteiger partial charge < -0.3 is 29.5 Å². The minimum absolute atomic E-state index is 0.0451. The van der Waals surface area contributed by atoms with Gasteiger partial charge in [0.25, 0.3) is 0 Å². The van der Waals surface area contributed by atoms with Crippen molar-refractivity contribution in [2.24, 2.45) is 5.92 Å². The van der Waals surface area contributed by atoms with Crippen LogP contribution in [0.3, 0.4) is 0 Å². The van der Waals surface area contributed by atoms with E-state index in [0.717, 1.165) is 44.4 Å². The molecule has 0 radical (unpaired) electrons. The van der Waals surface area contributed by atoms with Crippen LogP contribution in [-0.2, 0) is 28.2 Å². The molecule has 0 amide bonds. The van der Waals surface area contributed by atoms with E-state index in [0.29, 0.717) is 12.8 Å². The third kappa shape index (κ3) is 42.3. The smallest absolute Gasteiger partial charge is 0.462 e. The Kier molecular flexibility index (Phi) is 39.3. The molecule has 0 aromatic heterocycles. The fourth-order valence-electron chi connectivity index (χ4n) is 6.66. The summed E-state index contributed by atoms with van der Waals surface area (Å²) < 4.78 is 26.3. The van der Waals surface area contributed by atoms with Crippen molar-refractivity contribution in [1.82, 2.24) is 0 Å². The van der Waals surface area contributed by atoms with Gasteiger partial charge in [0.15, 0.2) is 6.10 Å². The van der Waals surface area contributed by atoms with Crippen LogP contribution in [0.5, 0.6) is 0 Å². The van der Waals surface area contributed by atoms with Crippen molar-refractivity contribution < 1.29 is 48.2 Å². The van der Waals surface area contributed by atoms with Crippen molar-refractivity contribution in [2.45, 2.75) is 232 Å². The first-order valence-corrected chi connectivity index (χ1v) is 24.8. The van der Waals surface area contributed by atoms with Crippen molar-refractivity contribution >= 4 is 19.8 Å². The van der Waals surface area contributed by atoms with Crippen LogP contribution < -0.4 is 0 Å². The lowest BCUT2D eigenvalue weighted by Crippen LogP contribution is -2.29. The van der Waals surface area contributed by atoms with E-state index < -0.39 is 51.3 Å². The number of ether oxygens (including phenoxy) is 2. The van der Waals surface area contributed by atoms with Crippen LogP contribution in [0.2, 0.25) is 0 Å². The summed E-state index contributed by atoms with van der Waals surface area (Å²) in [5.74, 6) is -0.323. The van der Waals surface area contributed by atoms with Crippen LogP contribution >= 0.6 is 7.82 Å². The molecule has 340 valence electrons. The Labute approximate surface area is 354 Å². The first kappa shape index (κ1) is 56.2. The molecule has 0 spiro atoms. The van der Waals surface area contributed by atoms with Crippen molar-refractivity contribution in [3.8, 4) is 0 Å². The van der Waals surface area contributed by atoms with Gasteiger partial charge in [-0.1, -0.05) is 186 Å². The van der Waals surface area contributed by atoms with Gasteiger partial charge in [-0.3, -0.25) is 14.1 Å². The molecular weight excluding hydrogens is 755 g/mol. The van der Waals surface area contributed by atoms with Crippen LogP contribution in [-0.4, -0.2) is 63.5 Å². The molecule has 10 nitrogen and oxygen atoms in total. The monoisotopic (exact) mass is 843 g/mol. The number of phosphoric acid groups is 1. The third-order valence-electron chi connectivity index (χ3n) is 10.3. The van der Waals surface area contributed by atoms with E-state index in [2.05, 4.69) is 49.6 Å². The molecule has 0 aromatic rings. The molecule has 0 aliphatic carbocycles. The lowest BCUT2D eigenvalue weighted by molar-refractivity contribution is -0.161. The molecule has 0 saturated carbocycles. The van der Waals surface area contributed by atoms with E-state index in [-0.39, 0.29) is 25.7 Å². The average Bonchev–Trinajstić information content (AvgIpc) is 3.17. The third-order valence-corrected chi connectivity index (χ3v) is 10.8. The van der Waals surface area contributed by atoms with Crippen LogP contribution in [0.1, 0.15) is 213 Å². The number of aliphatic hydroxyl groups excluding tert-OH is 2. The zero-order valence-electron chi connectivity index (χ0n) is 37.1. The highest BCUT2D eigenvalue weighted by Gasteiger charge is 2.23. The summed E-state index contributed by atoms with van der Waals surface area (Å²) in [6.45, 7) is 5.78. The van der Waals surface area contributed by atoms with Gasteiger partial charge in [-0.2, -0.15) is 0 Å². The molecule has 4 N–H and O–H groups in total. The van der Waals surface area contributed by atoms with Crippen LogP contribution in [0, 0.1) is 5.92 Å². The summed E-state index contributed by atoms with van der Waals surface area (Å²) in [5, 5.41) is 20.6. The highest BCUT2D eigenvalue weighted by molar-refractivity contribution is 7.46. The summed E-state index contributed by atoms with van der Waals surface area (Å²) in [6, 6.07) is 0. The van der Waals surface area contributed by atoms with Gasteiger partial charge in [0.2, 0.25) is 0 Å². The van der Waals surface area contributed by atoms with Crippen molar-refractivity contribution in [3.05, 3.63) is 36.5 Å². The van der Waals surface area contributed by atoms with E-state index in [4.69, 9.17) is 19.3 Å². The predicted molar refractivity (Wildman–Crippen MR) is 237 cm³/mol. The topological polar surface area (TPSA) is 160 Å². The van der Waals surface area contributed by atoms with Gasteiger partial charge in [-0.15, -0.1) is 0 Å². The summed E-state index contributed by atoms with van der Waals surface area (Å²) >= 11 is 0. The Morgan fingerprint density at radius 1 is 0.552 bits per heavy atom. The Balaban J connectivity index is 4.05. The number of unbranched alkanes of at least 4 members (excludes halogenated alkanes) is 20. The largest absolute Gasteiger partial charge is 0.469 e. The molecule has 2 unspecified atom stereocenters. The average molecular weight is 843 g/mol. The SMILES string of the molecule is CCCCC/C=C\C/C=C\C/C=C\CC(O)C(O)CCCC(=O)OC[C@H](COP(=O)(O)O)OC(=O)CCCCCCCCCCCCCCCCCCCCC(C)C. The van der Waals surface area contributed by atoms with Gasteiger partial charge in [-0.25, -0.2) is 4.57 Å². The normalized spacial score (nSPS) is 13.9. The second kappa shape index (κ2) is 40.6. The van der Waals surface area contributed by atoms with Crippen LogP contribution in [0.4, 0.5) is 0 Å². The standard InChI is InChI=1S/C47H87O10P/c1-4-5-6-7-8-9-10-20-23-26-29-32-36-44(48)45(49)37-34-39-46(50)55-40-43(41-56-58(52,53)54)57-47(51)38-33-30-27-24-21-18-16-14-12-11-13-15-17-19-22-25-28-31-35-42(2)3/h8-9,20,23,29,32,42-45,48-49H,4-7,10-19,21-22,24-28,30-31,33-41H2,1-3H3,(H2,52,53,54)/b9-8-,23-20-,32-29-/t43-,44?,45?/m1/s1. The molecule has 3 atom stereocenters. The molecule has 0 bridgehead atoms. The predicted octanol–water partition coefficient (Wildman–Crippen LogP) is 12.3.